The normalized spacial score (nSPS) is 9.76. The molecule has 0 fully saturated rings. The summed E-state index contributed by atoms with van der Waals surface area (Å²) in [5.41, 5.74) is 3.92. The van der Waals surface area contributed by atoms with E-state index in [9.17, 15) is 14.9 Å². The Bertz CT molecular complexity index is 766. The number of carboxylic acid groups (broad SMARTS) is 1. The van der Waals surface area contributed by atoms with Crippen molar-refractivity contribution in [3.63, 3.8) is 0 Å². The zero-order chi connectivity index (χ0) is 19.0. The summed E-state index contributed by atoms with van der Waals surface area (Å²) >= 11 is 11.7. The van der Waals surface area contributed by atoms with Gasteiger partial charge in [-0.25, -0.2) is 4.79 Å². The average molecular weight is 387 g/mol. The van der Waals surface area contributed by atoms with Crippen molar-refractivity contribution < 1.29 is 19.6 Å². The summed E-state index contributed by atoms with van der Waals surface area (Å²) < 4.78 is 5.35. The Kier molecular flexibility index (Phi) is 8.13. The molecule has 3 N–H and O–H groups in total. The minimum absolute atomic E-state index is 0.131. The lowest BCUT2D eigenvalue weighted by Gasteiger charge is -2.09. The predicted octanol–water partition coefficient (Wildman–Crippen LogP) is 4.75. The Labute approximate surface area is 154 Å². The largest absolute Gasteiger partial charge is 0.477 e. The van der Waals surface area contributed by atoms with Gasteiger partial charge in [-0.3, -0.25) is 10.1 Å². The zero-order valence-corrected chi connectivity index (χ0v) is 14.8. The first-order valence-electron chi connectivity index (χ1n) is 7.15. The van der Waals surface area contributed by atoms with Crippen molar-refractivity contribution in [3.05, 3.63) is 62.1 Å². The fraction of sp³-hybridized carbons (Fsp3) is 0.188. The second-order valence-corrected chi connectivity index (χ2v) is 5.52. The molecule has 0 unspecified atom stereocenters. The van der Waals surface area contributed by atoms with E-state index in [1.54, 1.807) is 0 Å². The number of carboxylic acids is 1. The van der Waals surface area contributed by atoms with Crippen molar-refractivity contribution >= 4 is 34.9 Å². The molecular weight excluding hydrogens is 371 g/mol. The van der Waals surface area contributed by atoms with Crippen LogP contribution in [0, 0.1) is 10.1 Å². The number of benzene rings is 2. The van der Waals surface area contributed by atoms with Crippen molar-refractivity contribution in [2.24, 2.45) is 5.73 Å². The van der Waals surface area contributed by atoms with Gasteiger partial charge in [0.15, 0.2) is 0 Å². The highest BCUT2D eigenvalue weighted by atomic mass is 35.5. The molecule has 0 heterocycles. The second kappa shape index (κ2) is 9.83. The summed E-state index contributed by atoms with van der Waals surface area (Å²) in [7, 11) is 0. The molecule has 0 saturated carbocycles. The van der Waals surface area contributed by atoms with Crippen LogP contribution in [0.3, 0.4) is 0 Å². The van der Waals surface area contributed by atoms with Gasteiger partial charge in [0, 0.05) is 5.02 Å². The van der Waals surface area contributed by atoms with Crippen LogP contribution in [0.1, 0.15) is 23.7 Å². The number of nitro benzene ring substituents is 1. The van der Waals surface area contributed by atoms with Gasteiger partial charge in [-0.05, 0) is 43.3 Å². The molecule has 0 aromatic heterocycles. The molecule has 0 aliphatic rings. The van der Waals surface area contributed by atoms with E-state index in [-0.39, 0.29) is 16.5 Å². The fourth-order valence-electron chi connectivity index (χ4n) is 1.64. The molecule has 2 aromatic rings. The third-order valence-electron chi connectivity index (χ3n) is 2.81. The summed E-state index contributed by atoms with van der Waals surface area (Å²) in [6.07, 6.45) is 1.10. The van der Waals surface area contributed by atoms with Crippen LogP contribution in [-0.4, -0.2) is 22.5 Å². The molecule has 0 spiro atoms. The SMILES string of the molecule is CCCN.O=C(O)c1cccc(Oc2ccc(Cl)cc2Cl)c1[N+](=O)[O-]. The van der Waals surface area contributed by atoms with Gasteiger partial charge in [0.2, 0.25) is 5.75 Å². The minimum atomic E-state index is -1.42. The number of nitrogens with zero attached hydrogens (tertiary/aromatic N) is 1. The molecule has 0 bridgehead atoms. The second-order valence-electron chi connectivity index (χ2n) is 4.68. The quantitative estimate of drug-likeness (QED) is 0.565. The average Bonchev–Trinajstić information content (AvgIpc) is 2.57. The van der Waals surface area contributed by atoms with E-state index in [2.05, 4.69) is 6.92 Å². The minimum Gasteiger partial charge on any atom is -0.477 e. The van der Waals surface area contributed by atoms with Gasteiger partial charge in [0.25, 0.3) is 0 Å². The number of nitrogens with two attached hydrogens (primary N) is 1. The summed E-state index contributed by atoms with van der Waals surface area (Å²) in [5, 5.41) is 20.6. The Morgan fingerprint density at radius 2 is 1.92 bits per heavy atom. The molecule has 25 heavy (non-hydrogen) atoms. The standard InChI is InChI=1S/C13H7Cl2NO5.C3H9N/c14-7-4-5-10(9(15)6-7)21-11-3-1-2-8(13(17)18)12(11)16(19)20;1-2-3-4/h1-6H,(H,17,18);2-4H2,1H3. The van der Waals surface area contributed by atoms with Crippen LogP contribution in [-0.2, 0) is 0 Å². The first-order valence-corrected chi connectivity index (χ1v) is 7.91. The van der Waals surface area contributed by atoms with Crippen molar-refractivity contribution in [2.75, 3.05) is 6.54 Å². The first kappa shape index (κ1) is 20.7. The van der Waals surface area contributed by atoms with Crippen LogP contribution in [0.2, 0.25) is 10.0 Å². The lowest BCUT2D eigenvalue weighted by molar-refractivity contribution is -0.386. The number of rotatable bonds is 5. The van der Waals surface area contributed by atoms with Crippen LogP contribution in [0.5, 0.6) is 11.5 Å². The van der Waals surface area contributed by atoms with Gasteiger partial charge < -0.3 is 15.6 Å². The Morgan fingerprint density at radius 1 is 1.28 bits per heavy atom. The Balaban J connectivity index is 0.000000705. The number of nitro groups is 1. The van der Waals surface area contributed by atoms with E-state index in [0.717, 1.165) is 19.0 Å². The highest BCUT2D eigenvalue weighted by molar-refractivity contribution is 6.35. The Morgan fingerprint density at radius 3 is 2.40 bits per heavy atom. The first-order chi connectivity index (χ1) is 11.8. The van der Waals surface area contributed by atoms with Gasteiger partial charge in [0.05, 0.1) is 9.95 Å². The van der Waals surface area contributed by atoms with E-state index in [1.807, 2.05) is 0 Å². The fourth-order valence-corrected chi connectivity index (χ4v) is 2.09. The monoisotopic (exact) mass is 386 g/mol. The lowest BCUT2D eigenvalue weighted by atomic mass is 10.1. The number of hydrogen-bond acceptors (Lipinski definition) is 5. The maximum Gasteiger partial charge on any atom is 0.342 e. The number of ether oxygens (including phenoxy) is 1. The van der Waals surface area contributed by atoms with Crippen molar-refractivity contribution in [2.45, 2.75) is 13.3 Å². The van der Waals surface area contributed by atoms with Gasteiger partial charge in [-0.15, -0.1) is 0 Å². The lowest BCUT2D eigenvalue weighted by Crippen LogP contribution is -2.04. The number of aromatic carboxylic acids is 1. The molecule has 7 nitrogen and oxygen atoms in total. The summed E-state index contributed by atoms with van der Waals surface area (Å²) in [6, 6.07) is 8.09. The molecule has 0 radical (unpaired) electrons. The van der Waals surface area contributed by atoms with Crippen molar-refractivity contribution in [1.82, 2.24) is 0 Å². The van der Waals surface area contributed by atoms with E-state index in [1.165, 1.54) is 30.3 Å². The van der Waals surface area contributed by atoms with Crippen LogP contribution in [0.25, 0.3) is 0 Å². The highest BCUT2D eigenvalue weighted by Crippen LogP contribution is 2.37. The molecule has 0 saturated heterocycles. The van der Waals surface area contributed by atoms with E-state index in [4.69, 9.17) is 38.8 Å². The summed E-state index contributed by atoms with van der Waals surface area (Å²) in [6.45, 7) is 2.88. The number of para-hydroxylation sites is 1. The van der Waals surface area contributed by atoms with Crippen LogP contribution in [0.4, 0.5) is 5.69 Å². The molecule has 0 amide bonds. The Hall–Kier alpha value is -2.35. The number of hydrogen-bond donors (Lipinski definition) is 2. The number of halogens is 2. The third kappa shape index (κ3) is 5.90. The predicted molar refractivity (Wildman–Crippen MR) is 95.9 cm³/mol. The van der Waals surface area contributed by atoms with E-state index < -0.39 is 22.1 Å². The zero-order valence-electron chi connectivity index (χ0n) is 13.2. The molecule has 134 valence electrons. The maximum absolute atomic E-state index is 11.1. The molecule has 2 rings (SSSR count). The van der Waals surface area contributed by atoms with Crippen LogP contribution >= 0.6 is 23.2 Å². The molecular formula is C16H16Cl2N2O5. The highest BCUT2D eigenvalue weighted by Gasteiger charge is 2.26. The molecule has 9 heteroatoms. The van der Waals surface area contributed by atoms with Crippen LogP contribution in [0.15, 0.2) is 36.4 Å². The van der Waals surface area contributed by atoms with Crippen LogP contribution < -0.4 is 10.5 Å². The van der Waals surface area contributed by atoms with Gasteiger partial charge in [0.1, 0.15) is 11.3 Å². The maximum atomic E-state index is 11.1. The third-order valence-corrected chi connectivity index (χ3v) is 3.34. The molecule has 2 aromatic carbocycles. The topological polar surface area (TPSA) is 116 Å². The molecule has 0 aliphatic carbocycles. The molecule has 0 atom stereocenters. The summed E-state index contributed by atoms with van der Waals surface area (Å²) in [4.78, 5) is 21.3. The van der Waals surface area contributed by atoms with Crippen molar-refractivity contribution in [1.29, 1.82) is 0 Å². The smallest absolute Gasteiger partial charge is 0.342 e. The summed E-state index contributed by atoms with van der Waals surface area (Å²) in [5.74, 6) is -1.51. The number of carbonyl (C=O) groups is 1. The van der Waals surface area contributed by atoms with Gasteiger partial charge in [-0.1, -0.05) is 36.2 Å². The van der Waals surface area contributed by atoms with E-state index in [0.29, 0.717) is 5.02 Å². The van der Waals surface area contributed by atoms with Gasteiger partial charge >= 0.3 is 11.7 Å². The van der Waals surface area contributed by atoms with Gasteiger partial charge in [-0.2, -0.15) is 0 Å². The molecule has 0 aliphatic heterocycles. The van der Waals surface area contributed by atoms with E-state index >= 15 is 0 Å². The van der Waals surface area contributed by atoms with Crippen molar-refractivity contribution in [3.8, 4) is 11.5 Å².